The molecule has 0 fully saturated rings. The number of carbonyl (C=O) groups is 1. The molecule has 0 saturated heterocycles. The zero-order valence-electron chi connectivity index (χ0n) is 6.67. The van der Waals surface area contributed by atoms with Crippen LogP contribution in [0.4, 0.5) is 4.39 Å². The number of carbonyl (C=O) groups excluding carboxylic acids is 1. The van der Waals surface area contributed by atoms with Crippen molar-refractivity contribution in [1.82, 2.24) is 15.3 Å². The molecule has 0 spiro atoms. The van der Waals surface area contributed by atoms with Crippen molar-refractivity contribution in [3.8, 4) is 0 Å². The summed E-state index contributed by atoms with van der Waals surface area (Å²) in [4.78, 5) is 15.7. The lowest BCUT2D eigenvalue weighted by Crippen LogP contribution is -2.25. The number of amides is 1. The highest BCUT2D eigenvalue weighted by Gasteiger charge is 2.17. The van der Waals surface area contributed by atoms with Crippen LogP contribution in [-0.2, 0) is 4.84 Å². The summed E-state index contributed by atoms with van der Waals surface area (Å²) >= 11 is 0. The van der Waals surface area contributed by atoms with Gasteiger partial charge in [0, 0.05) is 7.05 Å². The third-order valence-corrected chi connectivity index (χ3v) is 1.38. The molecule has 0 aromatic carbocycles. The van der Waals surface area contributed by atoms with Crippen LogP contribution < -0.4 is 0 Å². The molecule has 66 valence electrons. The fourth-order valence-electron chi connectivity index (χ4n) is 0.672. The van der Waals surface area contributed by atoms with Gasteiger partial charge in [0.25, 0.3) is 5.91 Å². The molecule has 1 aromatic rings. The first-order valence-electron chi connectivity index (χ1n) is 3.18. The fourth-order valence-corrected chi connectivity index (χ4v) is 0.672. The molecule has 1 aromatic heterocycles. The Morgan fingerprint density at radius 3 is 2.92 bits per heavy atom. The quantitative estimate of drug-likeness (QED) is 0.649. The van der Waals surface area contributed by atoms with E-state index in [1.54, 1.807) is 0 Å². The molecule has 1 N–H and O–H groups in total. The standard InChI is InChI=1S/C6H8FN3O2/c1-10(12-2)6(11)4-3-8-9-5(4)7/h3H,1-2H3,(H,8,9). The maximum atomic E-state index is 12.7. The van der Waals surface area contributed by atoms with E-state index in [0.717, 1.165) is 11.3 Å². The van der Waals surface area contributed by atoms with Crippen molar-refractivity contribution in [2.75, 3.05) is 14.2 Å². The maximum absolute atomic E-state index is 12.7. The number of aromatic nitrogens is 2. The minimum absolute atomic E-state index is 0.139. The normalized spacial score (nSPS) is 9.92. The van der Waals surface area contributed by atoms with Crippen molar-refractivity contribution in [1.29, 1.82) is 0 Å². The maximum Gasteiger partial charge on any atom is 0.283 e. The molecular weight excluding hydrogens is 165 g/mol. The largest absolute Gasteiger partial charge is 0.283 e. The molecule has 0 unspecified atom stereocenters. The topological polar surface area (TPSA) is 58.2 Å². The lowest BCUT2D eigenvalue weighted by molar-refractivity contribution is -0.0759. The van der Waals surface area contributed by atoms with Crippen LogP contribution in [0.25, 0.3) is 0 Å². The van der Waals surface area contributed by atoms with E-state index in [9.17, 15) is 9.18 Å². The first-order valence-corrected chi connectivity index (χ1v) is 3.18. The number of nitrogens with one attached hydrogen (secondary N) is 1. The van der Waals surface area contributed by atoms with Gasteiger partial charge < -0.3 is 0 Å². The summed E-state index contributed by atoms with van der Waals surface area (Å²) in [7, 11) is 2.70. The minimum atomic E-state index is -0.760. The number of hydrogen-bond donors (Lipinski definition) is 1. The van der Waals surface area contributed by atoms with E-state index in [1.165, 1.54) is 14.2 Å². The van der Waals surface area contributed by atoms with Crippen LogP contribution >= 0.6 is 0 Å². The van der Waals surface area contributed by atoms with Gasteiger partial charge >= 0.3 is 0 Å². The predicted octanol–water partition coefficient (Wildman–Crippen LogP) is 0.182. The predicted molar refractivity (Wildman–Crippen MR) is 37.6 cm³/mol. The molecule has 6 heteroatoms. The van der Waals surface area contributed by atoms with E-state index >= 15 is 0 Å². The van der Waals surface area contributed by atoms with Crippen LogP contribution in [0.15, 0.2) is 6.20 Å². The second kappa shape index (κ2) is 3.31. The Labute approximate surface area is 68.1 Å². The van der Waals surface area contributed by atoms with E-state index in [4.69, 9.17) is 0 Å². The van der Waals surface area contributed by atoms with E-state index < -0.39 is 11.9 Å². The first kappa shape index (κ1) is 8.66. The van der Waals surface area contributed by atoms with Gasteiger partial charge in [-0.2, -0.15) is 9.49 Å². The number of halogens is 1. The highest BCUT2D eigenvalue weighted by atomic mass is 19.1. The Morgan fingerprint density at radius 1 is 1.83 bits per heavy atom. The summed E-state index contributed by atoms with van der Waals surface area (Å²) in [6.45, 7) is 0. The monoisotopic (exact) mass is 173 g/mol. The van der Waals surface area contributed by atoms with E-state index in [0.29, 0.717) is 0 Å². The van der Waals surface area contributed by atoms with Gasteiger partial charge in [0.15, 0.2) is 0 Å². The van der Waals surface area contributed by atoms with Crippen molar-refractivity contribution in [3.63, 3.8) is 0 Å². The van der Waals surface area contributed by atoms with Crippen LogP contribution in [0.2, 0.25) is 0 Å². The first-order chi connectivity index (χ1) is 5.66. The van der Waals surface area contributed by atoms with Gasteiger partial charge in [0.05, 0.1) is 13.3 Å². The average molecular weight is 173 g/mol. The number of hydroxylamine groups is 2. The molecule has 1 heterocycles. The summed E-state index contributed by atoms with van der Waals surface area (Å²) < 4.78 is 12.7. The van der Waals surface area contributed by atoms with Crippen molar-refractivity contribution in [3.05, 3.63) is 17.7 Å². The summed E-state index contributed by atoms with van der Waals surface area (Å²) in [5, 5.41) is 6.28. The van der Waals surface area contributed by atoms with Gasteiger partial charge in [0.2, 0.25) is 5.95 Å². The number of nitrogens with zero attached hydrogens (tertiary/aromatic N) is 2. The number of rotatable bonds is 2. The van der Waals surface area contributed by atoms with Crippen LogP contribution in [0.3, 0.4) is 0 Å². The third-order valence-electron chi connectivity index (χ3n) is 1.38. The fraction of sp³-hybridized carbons (Fsp3) is 0.333. The second-order valence-electron chi connectivity index (χ2n) is 2.08. The van der Waals surface area contributed by atoms with E-state index in [-0.39, 0.29) is 5.56 Å². The molecule has 0 saturated carbocycles. The lowest BCUT2D eigenvalue weighted by atomic mass is 10.3. The van der Waals surface area contributed by atoms with Crippen LogP contribution in [0.1, 0.15) is 10.4 Å². The molecule has 1 amide bonds. The molecule has 0 aliphatic carbocycles. The molecule has 5 nitrogen and oxygen atoms in total. The summed E-state index contributed by atoms with van der Waals surface area (Å²) in [5.41, 5.74) is -0.139. The lowest BCUT2D eigenvalue weighted by Gasteiger charge is -2.11. The molecule has 0 bridgehead atoms. The average Bonchev–Trinajstić information content (AvgIpc) is 2.48. The Bertz CT molecular complexity index is 286. The van der Waals surface area contributed by atoms with Gasteiger partial charge in [-0.15, -0.1) is 0 Å². The molecule has 0 aliphatic rings. The Kier molecular flexibility index (Phi) is 2.39. The Balaban J connectivity index is 2.85. The second-order valence-corrected chi connectivity index (χ2v) is 2.08. The van der Waals surface area contributed by atoms with Crippen LogP contribution in [-0.4, -0.2) is 35.3 Å². The molecule has 12 heavy (non-hydrogen) atoms. The van der Waals surface area contributed by atoms with Gasteiger partial charge in [-0.1, -0.05) is 0 Å². The summed E-state index contributed by atoms with van der Waals surface area (Å²) in [6.07, 6.45) is 1.10. The summed E-state index contributed by atoms with van der Waals surface area (Å²) in [5.74, 6) is -1.34. The highest BCUT2D eigenvalue weighted by molar-refractivity contribution is 5.93. The van der Waals surface area contributed by atoms with E-state index in [2.05, 4.69) is 9.94 Å². The number of H-pyrrole nitrogens is 1. The number of aromatic amines is 1. The van der Waals surface area contributed by atoms with Crippen LogP contribution in [0.5, 0.6) is 0 Å². The van der Waals surface area contributed by atoms with E-state index in [1.807, 2.05) is 5.10 Å². The van der Waals surface area contributed by atoms with Crippen molar-refractivity contribution >= 4 is 5.91 Å². The van der Waals surface area contributed by atoms with Gasteiger partial charge in [-0.25, -0.2) is 5.06 Å². The molecule has 0 atom stereocenters. The van der Waals surface area contributed by atoms with Gasteiger partial charge in [-0.05, 0) is 0 Å². The Hall–Kier alpha value is -1.43. The smallest absolute Gasteiger partial charge is 0.274 e. The van der Waals surface area contributed by atoms with Gasteiger partial charge in [-0.3, -0.25) is 14.7 Å². The zero-order valence-corrected chi connectivity index (χ0v) is 6.67. The molecule has 0 radical (unpaired) electrons. The molecule has 1 rings (SSSR count). The zero-order chi connectivity index (χ0) is 9.14. The third kappa shape index (κ3) is 1.42. The molecule has 0 aliphatic heterocycles. The molecular formula is C6H8FN3O2. The highest BCUT2D eigenvalue weighted by Crippen LogP contribution is 2.04. The van der Waals surface area contributed by atoms with Crippen molar-refractivity contribution < 1.29 is 14.0 Å². The minimum Gasteiger partial charge on any atom is -0.274 e. The van der Waals surface area contributed by atoms with Crippen LogP contribution in [0, 0.1) is 5.95 Å². The number of hydrogen-bond acceptors (Lipinski definition) is 3. The van der Waals surface area contributed by atoms with Crippen molar-refractivity contribution in [2.24, 2.45) is 0 Å². The SMILES string of the molecule is CON(C)C(=O)c1cn[nH]c1F. The summed E-state index contributed by atoms with van der Waals surface area (Å²) in [6, 6.07) is 0. The van der Waals surface area contributed by atoms with Crippen molar-refractivity contribution in [2.45, 2.75) is 0 Å². The Morgan fingerprint density at radius 2 is 2.50 bits per heavy atom. The van der Waals surface area contributed by atoms with Gasteiger partial charge in [0.1, 0.15) is 5.56 Å².